The Bertz CT molecular complexity index is 737. The van der Waals surface area contributed by atoms with Crippen LogP contribution in [0, 0.1) is 6.92 Å². The maximum Gasteiger partial charge on any atom is 0.319 e. The molecule has 2 aliphatic rings. The fourth-order valence-electron chi connectivity index (χ4n) is 3.77. The highest BCUT2D eigenvalue weighted by Gasteiger charge is 2.42. The number of urea groups is 1. The van der Waals surface area contributed by atoms with E-state index in [0.29, 0.717) is 6.61 Å². The molecule has 1 atom stereocenters. The third kappa shape index (κ3) is 3.05. The molecule has 0 unspecified atom stereocenters. The minimum Gasteiger partial charge on any atom is -0.373 e. The van der Waals surface area contributed by atoms with Crippen LogP contribution >= 0.6 is 11.3 Å². The van der Waals surface area contributed by atoms with Gasteiger partial charge < -0.3 is 15.4 Å². The predicted molar refractivity (Wildman–Crippen MR) is 92.1 cm³/mol. The summed E-state index contributed by atoms with van der Waals surface area (Å²) in [5.74, 6) is 0. The highest BCUT2D eigenvalue weighted by atomic mass is 32.1. The molecule has 23 heavy (non-hydrogen) atoms. The van der Waals surface area contributed by atoms with Crippen molar-refractivity contribution in [3.8, 4) is 0 Å². The van der Waals surface area contributed by atoms with E-state index in [1.54, 1.807) is 11.3 Å². The van der Waals surface area contributed by atoms with E-state index in [2.05, 4.69) is 15.6 Å². The summed E-state index contributed by atoms with van der Waals surface area (Å²) in [5, 5.41) is 7.00. The number of anilines is 1. The lowest BCUT2D eigenvalue weighted by atomic mass is 9.96. The normalized spacial score (nSPS) is 22.7. The minimum absolute atomic E-state index is 0.0387. The van der Waals surface area contributed by atoms with Gasteiger partial charge in [-0.3, -0.25) is 0 Å². The molecule has 1 aromatic carbocycles. The smallest absolute Gasteiger partial charge is 0.319 e. The second kappa shape index (κ2) is 5.76. The molecule has 0 radical (unpaired) electrons. The predicted octanol–water partition coefficient (Wildman–Crippen LogP) is 3.83. The van der Waals surface area contributed by atoms with Crippen LogP contribution in [0.25, 0.3) is 10.2 Å². The Morgan fingerprint density at radius 1 is 1.39 bits per heavy atom. The summed E-state index contributed by atoms with van der Waals surface area (Å²) in [6.45, 7) is 2.62. The number of carbonyl (C=O) groups excluding carboxylic acids is 1. The number of ether oxygens (including phenoxy) is 1. The molecule has 2 N–H and O–H groups in total. The van der Waals surface area contributed by atoms with E-state index < -0.39 is 0 Å². The Labute approximate surface area is 139 Å². The van der Waals surface area contributed by atoms with Gasteiger partial charge in [-0.15, -0.1) is 11.3 Å². The van der Waals surface area contributed by atoms with Gasteiger partial charge in [0.1, 0.15) is 0 Å². The summed E-state index contributed by atoms with van der Waals surface area (Å²) in [6.07, 6.45) is 5.69. The molecule has 1 aliphatic carbocycles. The monoisotopic (exact) mass is 331 g/mol. The van der Waals surface area contributed by atoms with Crippen LogP contribution in [0.3, 0.4) is 0 Å². The molecule has 1 saturated heterocycles. The molecule has 1 aliphatic heterocycles. The van der Waals surface area contributed by atoms with Gasteiger partial charge in [-0.25, -0.2) is 9.78 Å². The van der Waals surface area contributed by atoms with Crippen molar-refractivity contribution >= 4 is 33.3 Å². The van der Waals surface area contributed by atoms with Crippen molar-refractivity contribution in [3.05, 3.63) is 23.2 Å². The summed E-state index contributed by atoms with van der Waals surface area (Å²) >= 11 is 1.64. The lowest BCUT2D eigenvalue weighted by molar-refractivity contribution is 0.00998. The number of rotatable bonds is 2. The molecule has 2 amide bonds. The number of nitrogens with zero attached hydrogens (tertiary/aromatic N) is 1. The van der Waals surface area contributed by atoms with Crippen LogP contribution in [0.2, 0.25) is 0 Å². The zero-order valence-corrected chi connectivity index (χ0v) is 14.0. The van der Waals surface area contributed by atoms with Crippen molar-refractivity contribution in [2.45, 2.75) is 50.7 Å². The van der Waals surface area contributed by atoms with E-state index in [1.807, 2.05) is 25.1 Å². The third-order valence-corrected chi connectivity index (χ3v) is 5.75. The van der Waals surface area contributed by atoms with Crippen molar-refractivity contribution in [1.82, 2.24) is 10.3 Å². The summed E-state index contributed by atoms with van der Waals surface area (Å²) in [6, 6.07) is 5.77. The van der Waals surface area contributed by atoms with Crippen LogP contribution in [-0.4, -0.2) is 29.3 Å². The Morgan fingerprint density at radius 3 is 3.04 bits per heavy atom. The number of hydrogen-bond acceptors (Lipinski definition) is 4. The average molecular weight is 331 g/mol. The number of aryl methyl sites for hydroxylation is 1. The van der Waals surface area contributed by atoms with Crippen LogP contribution in [-0.2, 0) is 4.74 Å². The molecule has 2 heterocycles. The Kier molecular flexibility index (Phi) is 3.73. The first kappa shape index (κ1) is 14.9. The largest absolute Gasteiger partial charge is 0.373 e. The van der Waals surface area contributed by atoms with Gasteiger partial charge in [0.2, 0.25) is 0 Å². The van der Waals surface area contributed by atoms with Gasteiger partial charge >= 0.3 is 6.03 Å². The van der Waals surface area contributed by atoms with Crippen LogP contribution in [0.15, 0.2) is 18.2 Å². The summed E-state index contributed by atoms with van der Waals surface area (Å²) in [4.78, 5) is 16.7. The molecule has 2 aromatic rings. The quantitative estimate of drug-likeness (QED) is 0.879. The number of aromatic nitrogens is 1. The Balaban J connectivity index is 1.37. The molecule has 6 heteroatoms. The minimum atomic E-state index is -0.158. The first-order valence-corrected chi connectivity index (χ1v) is 9.02. The Morgan fingerprint density at radius 2 is 2.22 bits per heavy atom. The maximum absolute atomic E-state index is 12.2. The fraction of sp³-hybridized carbons (Fsp3) is 0.529. The number of hydrogen-bond donors (Lipinski definition) is 2. The Hall–Kier alpha value is -1.66. The summed E-state index contributed by atoms with van der Waals surface area (Å²) < 4.78 is 7.07. The lowest BCUT2D eigenvalue weighted by Crippen LogP contribution is -2.39. The van der Waals surface area contributed by atoms with Crippen LogP contribution in [0.5, 0.6) is 0 Å². The van der Waals surface area contributed by atoms with Crippen LogP contribution < -0.4 is 10.6 Å². The van der Waals surface area contributed by atoms with Gasteiger partial charge in [0.05, 0.1) is 33.5 Å². The van der Waals surface area contributed by atoms with Crippen LogP contribution in [0.4, 0.5) is 10.5 Å². The summed E-state index contributed by atoms with van der Waals surface area (Å²) in [5.41, 5.74) is 1.82. The number of fused-ring (bicyclic) bond motifs is 1. The van der Waals surface area contributed by atoms with E-state index in [4.69, 9.17) is 4.74 Å². The molecular formula is C17H21N3O2S. The molecule has 1 spiro atoms. The van der Waals surface area contributed by atoms with Crippen LogP contribution in [0.1, 0.15) is 37.1 Å². The van der Waals surface area contributed by atoms with Crippen molar-refractivity contribution in [1.29, 1.82) is 0 Å². The number of thiazole rings is 1. The highest BCUT2D eigenvalue weighted by Crippen LogP contribution is 2.40. The number of carbonyl (C=O) groups is 1. The van der Waals surface area contributed by atoms with Gasteiger partial charge in [0.15, 0.2) is 0 Å². The van der Waals surface area contributed by atoms with Gasteiger partial charge in [0.25, 0.3) is 0 Å². The molecule has 1 saturated carbocycles. The average Bonchev–Trinajstić information content (AvgIpc) is 3.20. The van der Waals surface area contributed by atoms with Gasteiger partial charge in [-0.05, 0) is 44.4 Å². The van der Waals surface area contributed by atoms with Crippen molar-refractivity contribution in [2.75, 3.05) is 11.9 Å². The van der Waals surface area contributed by atoms with Crippen molar-refractivity contribution in [2.24, 2.45) is 0 Å². The van der Waals surface area contributed by atoms with Crippen molar-refractivity contribution in [3.63, 3.8) is 0 Å². The number of benzene rings is 1. The summed E-state index contributed by atoms with van der Waals surface area (Å²) in [7, 11) is 0. The molecule has 122 valence electrons. The first-order chi connectivity index (χ1) is 11.1. The number of nitrogens with one attached hydrogen (secondary N) is 2. The number of amides is 2. The fourth-order valence-corrected chi connectivity index (χ4v) is 4.64. The molecule has 4 rings (SSSR count). The standard InChI is InChI=1S/C17H21N3O2S/c1-11-18-14-5-4-12(8-15(14)23-11)19-16(21)20-13-9-17(22-10-13)6-2-3-7-17/h4-5,8,13H,2-3,6-7,9-10H2,1H3,(H2,19,20,21)/t13-/m0/s1. The van der Waals surface area contributed by atoms with E-state index in [9.17, 15) is 4.79 Å². The van der Waals surface area contributed by atoms with E-state index in [-0.39, 0.29) is 17.7 Å². The maximum atomic E-state index is 12.2. The van der Waals surface area contributed by atoms with E-state index in [1.165, 1.54) is 12.8 Å². The van der Waals surface area contributed by atoms with E-state index in [0.717, 1.165) is 40.2 Å². The lowest BCUT2D eigenvalue weighted by Gasteiger charge is -2.21. The first-order valence-electron chi connectivity index (χ1n) is 8.21. The zero-order chi connectivity index (χ0) is 15.9. The molecule has 5 nitrogen and oxygen atoms in total. The highest BCUT2D eigenvalue weighted by molar-refractivity contribution is 7.18. The van der Waals surface area contributed by atoms with E-state index >= 15 is 0 Å². The van der Waals surface area contributed by atoms with Gasteiger partial charge in [-0.1, -0.05) is 12.8 Å². The zero-order valence-electron chi connectivity index (χ0n) is 13.2. The molecule has 1 aromatic heterocycles. The SMILES string of the molecule is Cc1nc2ccc(NC(=O)N[C@@H]3COC4(CCCC4)C3)cc2s1. The topological polar surface area (TPSA) is 63.2 Å². The third-order valence-electron chi connectivity index (χ3n) is 4.81. The molecular weight excluding hydrogens is 310 g/mol. The molecule has 2 fully saturated rings. The van der Waals surface area contributed by atoms with Gasteiger partial charge in [-0.2, -0.15) is 0 Å². The second-order valence-electron chi connectivity index (χ2n) is 6.62. The van der Waals surface area contributed by atoms with Crippen molar-refractivity contribution < 1.29 is 9.53 Å². The second-order valence-corrected chi connectivity index (χ2v) is 7.85. The molecule has 0 bridgehead atoms. The van der Waals surface area contributed by atoms with Gasteiger partial charge in [0, 0.05) is 5.69 Å².